The van der Waals surface area contributed by atoms with E-state index in [-0.39, 0.29) is 30.3 Å². The number of hydrogen-bond acceptors (Lipinski definition) is 5. The fourth-order valence-corrected chi connectivity index (χ4v) is 4.36. The number of para-hydroxylation sites is 1. The highest BCUT2D eigenvalue weighted by Gasteiger charge is 2.24. The zero-order valence-corrected chi connectivity index (χ0v) is 18.9. The van der Waals surface area contributed by atoms with Gasteiger partial charge in [0.2, 0.25) is 17.8 Å². The van der Waals surface area contributed by atoms with Gasteiger partial charge in [0.15, 0.2) is 0 Å². The van der Waals surface area contributed by atoms with Crippen molar-refractivity contribution in [2.75, 3.05) is 11.9 Å². The zero-order chi connectivity index (χ0) is 23.2. The van der Waals surface area contributed by atoms with Gasteiger partial charge in [-0.15, -0.1) is 0 Å². The number of amides is 2. The first kappa shape index (κ1) is 22.5. The minimum atomic E-state index is -0.269. The van der Waals surface area contributed by atoms with E-state index in [9.17, 15) is 9.59 Å². The third-order valence-electron chi connectivity index (χ3n) is 6.03. The number of anilines is 1. The van der Waals surface area contributed by atoms with Crippen molar-refractivity contribution in [1.82, 2.24) is 25.6 Å². The number of aryl methyl sites for hydroxylation is 1. The molecular weight excluding hydrogens is 416 g/mol. The number of hydrogen-bond donors (Lipinski definition) is 4. The van der Waals surface area contributed by atoms with Crippen LogP contribution in [0.5, 0.6) is 0 Å². The number of carbonyl (C=O) groups is 2. The van der Waals surface area contributed by atoms with E-state index in [1.54, 1.807) is 0 Å². The molecule has 1 saturated carbocycles. The Morgan fingerprint density at radius 2 is 2.06 bits per heavy atom. The van der Waals surface area contributed by atoms with E-state index < -0.39 is 0 Å². The van der Waals surface area contributed by atoms with Gasteiger partial charge in [-0.3, -0.25) is 9.59 Å². The van der Waals surface area contributed by atoms with Gasteiger partial charge in [-0.1, -0.05) is 24.8 Å². The van der Waals surface area contributed by atoms with Crippen molar-refractivity contribution >= 4 is 28.7 Å². The topological polar surface area (TPSA) is 112 Å². The minimum Gasteiger partial charge on any atom is -0.360 e. The summed E-state index contributed by atoms with van der Waals surface area (Å²) in [6.45, 7) is 5.72. The van der Waals surface area contributed by atoms with Gasteiger partial charge < -0.3 is 20.9 Å². The first-order valence-electron chi connectivity index (χ1n) is 11.4. The maximum atomic E-state index is 12.2. The lowest BCUT2D eigenvalue weighted by Gasteiger charge is -2.30. The Hall–Kier alpha value is -3.68. The normalized spacial score (nSPS) is 18.0. The molecule has 4 rings (SSSR count). The van der Waals surface area contributed by atoms with Crippen LogP contribution in [0.2, 0.25) is 0 Å². The lowest BCUT2D eigenvalue weighted by atomic mass is 9.91. The Kier molecular flexibility index (Phi) is 7.02. The van der Waals surface area contributed by atoms with Gasteiger partial charge in [-0.2, -0.15) is 0 Å². The van der Waals surface area contributed by atoms with Crippen molar-refractivity contribution in [1.29, 1.82) is 0 Å². The largest absolute Gasteiger partial charge is 0.360 e. The predicted molar refractivity (Wildman–Crippen MR) is 130 cm³/mol. The number of nitrogens with one attached hydrogen (secondary N) is 4. The molecule has 0 aliphatic heterocycles. The molecule has 1 aromatic carbocycles. The number of nitrogens with zero attached hydrogens (tertiary/aromatic N) is 2. The molecular formula is C25H30N6O2. The van der Waals surface area contributed by atoms with Crippen LogP contribution in [0.25, 0.3) is 22.2 Å². The Morgan fingerprint density at radius 3 is 2.91 bits per heavy atom. The van der Waals surface area contributed by atoms with Crippen molar-refractivity contribution < 1.29 is 9.59 Å². The Bertz CT molecular complexity index is 1150. The standard InChI is InChI=1S/C25H30N6O2/c1-3-22(32)26-12-11-23(33)29-17-7-6-8-18(13-17)30-25-28-14-16(2)24(31-25)20-15-27-21-10-5-4-9-19(20)21/h3-5,9-10,14-15,17-18,27H,1,6-8,11-13H2,2H3,(H,26,32)(H,29,33)(H,28,30,31)/t17-,18+/m0/s1. The number of aromatic amines is 1. The van der Waals surface area contributed by atoms with E-state index in [0.717, 1.165) is 53.4 Å². The van der Waals surface area contributed by atoms with Crippen LogP contribution in [-0.4, -0.2) is 45.4 Å². The van der Waals surface area contributed by atoms with Gasteiger partial charge in [0, 0.05) is 53.9 Å². The molecule has 1 aliphatic rings. The summed E-state index contributed by atoms with van der Waals surface area (Å²) in [5.41, 5.74) is 4.07. The van der Waals surface area contributed by atoms with Crippen LogP contribution in [0.4, 0.5) is 5.95 Å². The molecule has 0 saturated heterocycles. The van der Waals surface area contributed by atoms with Gasteiger partial charge in [-0.05, 0) is 50.3 Å². The second kappa shape index (κ2) is 10.3. The first-order valence-corrected chi connectivity index (χ1v) is 11.4. The molecule has 172 valence electrons. The molecule has 0 radical (unpaired) electrons. The summed E-state index contributed by atoms with van der Waals surface area (Å²) in [4.78, 5) is 36.1. The monoisotopic (exact) mass is 446 g/mol. The Balaban J connectivity index is 1.38. The van der Waals surface area contributed by atoms with E-state index in [1.807, 2.05) is 31.5 Å². The number of carbonyl (C=O) groups excluding carboxylic acids is 2. The van der Waals surface area contributed by atoms with Crippen LogP contribution >= 0.6 is 0 Å². The molecule has 1 fully saturated rings. The quantitative estimate of drug-likeness (QED) is 0.396. The summed E-state index contributed by atoms with van der Waals surface area (Å²) in [6, 6.07) is 8.46. The van der Waals surface area contributed by atoms with Crippen LogP contribution in [0, 0.1) is 6.92 Å². The maximum Gasteiger partial charge on any atom is 0.243 e. The number of rotatable bonds is 8. The van der Waals surface area contributed by atoms with Gasteiger partial charge in [0.1, 0.15) is 0 Å². The van der Waals surface area contributed by atoms with Crippen molar-refractivity contribution in [3.63, 3.8) is 0 Å². The maximum absolute atomic E-state index is 12.2. The molecule has 2 aromatic heterocycles. The second-order valence-corrected chi connectivity index (χ2v) is 8.49. The average Bonchev–Trinajstić information content (AvgIpc) is 3.24. The molecule has 4 N–H and O–H groups in total. The van der Waals surface area contributed by atoms with E-state index in [0.29, 0.717) is 12.5 Å². The molecule has 33 heavy (non-hydrogen) atoms. The molecule has 3 aromatic rings. The summed E-state index contributed by atoms with van der Waals surface area (Å²) < 4.78 is 0. The van der Waals surface area contributed by atoms with Gasteiger partial charge in [-0.25, -0.2) is 9.97 Å². The third kappa shape index (κ3) is 5.58. The number of aromatic nitrogens is 3. The van der Waals surface area contributed by atoms with E-state index in [1.165, 1.54) is 6.08 Å². The molecule has 1 aliphatic carbocycles. The molecule has 8 nitrogen and oxygen atoms in total. The summed E-state index contributed by atoms with van der Waals surface area (Å²) in [7, 11) is 0. The SMILES string of the molecule is C=CC(=O)NCCC(=O)N[C@H]1CCC[C@@H](Nc2ncc(C)c(-c3c[nH]c4ccccc34)n2)C1. The summed E-state index contributed by atoms with van der Waals surface area (Å²) in [5, 5.41) is 10.3. The van der Waals surface area contributed by atoms with E-state index in [4.69, 9.17) is 4.98 Å². The predicted octanol–water partition coefficient (Wildman–Crippen LogP) is 3.46. The van der Waals surface area contributed by atoms with Gasteiger partial charge in [0.25, 0.3) is 0 Å². The molecule has 0 bridgehead atoms. The van der Waals surface area contributed by atoms with Crippen molar-refractivity contribution in [3.8, 4) is 11.3 Å². The summed E-state index contributed by atoms with van der Waals surface area (Å²) in [5.74, 6) is 0.276. The highest BCUT2D eigenvalue weighted by atomic mass is 16.2. The zero-order valence-electron chi connectivity index (χ0n) is 18.9. The molecule has 2 atom stereocenters. The molecule has 2 amide bonds. The molecule has 0 unspecified atom stereocenters. The molecule has 0 spiro atoms. The van der Waals surface area contributed by atoms with E-state index >= 15 is 0 Å². The fourth-order valence-electron chi connectivity index (χ4n) is 4.36. The van der Waals surface area contributed by atoms with Gasteiger partial charge >= 0.3 is 0 Å². The fraction of sp³-hybridized carbons (Fsp3) is 0.360. The van der Waals surface area contributed by atoms with Crippen LogP contribution < -0.4 is 16.0 Å². The molecule has 2 heterocycles. The smallest absolute Gasteiger partial charge is 0.243 e. The van der Waals surface area contributed by atoms with Crippen LogP contribution in [0.15, 0.2) is 49.3 Å². The molecule has 8 heteroatoms. The summed E-state index contributed by atoms with van der Waals surface area (Å²) in [6.07, 6.45) is 9.07. The summed E-state index contributed by atoms with van der Waals surface area (Å²) >= 11 is 0. The Morgan fingerprint density at radius 1 is 1.24 bits per heavy atom. The lowest BCUT2D eigenvalue weighted by Crippen LogP contribution is -2.42. The third-order valence-corrected chi connectivity index (χ3v) is 6.03. The van der Waals surface area contributed by atoms with Crippen LogP contribution in [0.3, 0.4) is 0 Å². The van der Waals surface area contributed by atoms with Crippen LogP contribution in [-0.2, 0) is 9.59 Å². The minimum absolute atomic E-state index is 0.0572. The highest BCUT2D eigenvalue weighted by Crippen LogP contribution is 2.30. The second-order valence-electron chi connectivity index (χ2n) is 8.49. The number of H-pyrrole nitrogens is 1. The Labute approximate surface area is 193 Å². The highest BCUT2D eigenvalue weighted by molar-refractivity contribution is 5.95. The van der Waals surface area contributed by atoms with Crippen molar-refractivity contribution in [2.45, 2.75) is 51.1 Å². The van der Waals surface area contributed by atoms with Gasteiger partial charge in [0.05, 0.1) is 5.69 Å². The number of fused-ring (bicyclic) bond motifs is 1. The van der Waals surface area contributed by atoms with Crippen molar-refractivity contribution in [3.05, 3.63) is 54.9 Å². The number of benzene rings is 1. The lowest BCUT2D eigenvalue weighted by molar-refractivity contribution is -0.122. The average molecular weight is 447 g/mol. The van der Waals surface area contributed by atoms with E-state index in [2.05, 4.69) is 44.6 Å². The first-order chi connectivity index (χ1) is 16.0. The van der Waals surface area contributed by atoms with Crippen molar-refractivity contribution in [2.24, 2.45) is 0 Å². The van der Waals surface area contributed by atoms with Crippen LogP contribution in [0.1, 0.15) is 37.7 Å².